The highest BCUT2D eigenvalue weighted by Gasteiger charge is 2.76. The van der Waals surface area contributed by atoms with Crippen molar-refractivity contribution in [1.82, 2.24) is 4.90 Å². The second-order valence-corrected chi connectivity index (χ2v) is 14.0. The minimum Gasteiger partial charge on any atom is -0.491 e. The molecule has 2 saturated heterocycles. The third kappa shape index (κ3) is 4.40. The highest BCUT2D eigenvalue weighted by Crippen LogP contribution is 2.65. The maximum absolute atomic E-state index is 14.4. The van der Waals surface area contributed by atoms with Gasteiger partial charge in [0, 0.05) is 10.8 Å². The Hall–Kier alpha value is -3.57. The van der Waals surface area contributed by atoms with Gasteiger partial charge in [0.1, 0.15) is 18.2 Å². The van der Waals surface area contributed by atoms with Crippen LogP contribution in [0.3, 0.4) is 0 Å². The first-order valence-electron chi connectivity index (χ1n) is 14.5. The minimum absolute atomic E-state index is 0.0844. The van der Waals surface area contributed by atoms with Crippen LogP contribution in [-0.4, -0.2) is 56.6 Å². The molecule has 1 aromatic heterocycles. The van der Waals surface area contributed by atoms with Crippen LogP contribution in [0.2, 0.25) is 0 Å². The molecule has 12 heteroatoms. The van der Waals surface area contributed by atoms with Crippen LogP contribution in [0.15, 0.2) is 77.7 Å². The Morgan fingerprint density at radius 2 is 1.69 bits per heavy atom. The van der Waals surface area contributed by atoms with E-state index < -0.39 is 51.1 Å². The van der Waals surface area contributed by atoms with Gasteiger partial charge in [-0.05, 0) is 72.2 Å². The lowest BCUT2D eigenvalue weighted by Gasteiger charge is -2.50. The molecule has 8 nitrogen and oxygen atoms in total. The number of rotatable bonds is 7. The lowest BCUT2D eigenvalue weighted by atomic mass is 9.56. The zero-order valence-electron chi connectivity index (χ0n) is 23.7. The normalized spacial score (nSPS) is 30.7. The van der Waals surface area contributed by atoms with Crippen LogP contribution in [0.5, 0.6) is 5.75 Å². The molecule has 0 bridgehead atoms. The lowest BCUT2D eigenvalue weighted by Crippen LogP contribution is -2.60. The number of ether oxygens (including phenoxy) is 1. The average Bonchev–Trinajstić information content (AvgIpc) is 3.68. The van der Waals surface area contributed by atoms with Gasteiger partial charge in [-0.1, -0.05) is 29.8 Å². The van der Waals surface area contributed by atoms with Crippen LogP contribution in [-0.2, 0) is 25.7 Å². The number of aliphatic hydroxyl groups excluding tert-OH is 1. The van der Waals surface area contributed by atoms with Gasteiger partial charge in [-0.15, -0.1) is 34.5 Å². The van der Waals surface area contributed by atoms with Gasteiger partial charge in [-0.25, -0.2) is 9.29 Å². The summed E-state index contributed by atoms with van der Waals surface area (Å²) in [7, 11) is 0. The third-order valence-corrected chi connectivity index (χ3v) is 11.7. The molecule has 4 amide bonds. The van der Waals surface area contributed by atoms with Crippen molar-refractivity contribution in [2.24, 2.45) is 17.8 Å². The molecule has 4 aliphatic rings. The van der Waals surface area contributed by atoms with E-state index in [1.807, 2.05) is 23.6 Å². The van der Waals surface area contributed by atoms with Gasteiger partial charge in [0.25, 0.3) is 11.8 Å². The third-order valence-electron chi connectivity index (χ3n) is 9.45. The highest BCUT2D eigenvalue weighted by atomic mass is 35.5. The first kappa shape index (κ1) is 30.1. The molecule has 45 heavy (non-hydrogen) atoms. The number of nitrogens with zero attached hydrogens (tertiary/aromatic N) is 2. The van der Waals surface area contributed by atoms with Gasteiger partial charge in [0.05, 0.1) is 30.7 Å². The molecule has 3 heterocycles. The number of fused-ring (bicyclic) bond motifs is 4. The van der Waals surface area contributed by atoms with E-state index in [1.165, 1.54) is 28.4 Å². The molecule has 6 atom stereocenters. The fraction of sp³-hybridized carbons (Fsp3) is 0.333. The molecule has 0 radical (unpaired) electrons. The quantitative estimate of drug-likeness (QED) is 0.215. The van der Waals surface area contributed by atoms with Crippen molar-refractivity contribution in [2.75, 3.05) is 18.1 Å². The van der Waals surface area contributed by atoms with E-state index in [9.17, 15) is 23.6 Å². The number of halogens is 3. The van der Waals surface area contributed by atoms with Crippen molar-refractivity contribution in [2.45, 2.75) is 35.1 Å². The molecule has 2 aliphatic heterocycles. The molecule has 0 spiro atoms. The Morgan fingerprint density at radius 3 is 2.36 bits per heavy atom. The molecular weight excluding hydrogens is 642 g/mol. The summed E-state index contributed by atoms with van der Waals surface area (Å²) in [6.45, 7) is 0.0680. The lowest BCUT2D eigenvalue weighted by molar-refractivity contribution is -0.141. The number of aliphatic hydroxyl groups is 1. The van der Waals surface area contributed by atoms with Gasteiger partial charge in [-0.3, -0.25) is 24.1 Å². The summed E-state index contributed by atoms with van der Waals surface area (Å²) in [5.74, 6) is -5.22. The summed E-state index contributed by atoms with van der Waals surface area (Å²) in [5.41, 5.74) is 1.36. The Balaban J connectivity index is 1.35. The van der Waals surface area contributed by atoms with Crippen molar-refractivity contribution >= 4 is 63.9 Å². The van der Waals surface area contributed by atoms with E-state index in [2.05, 4.69) is 0 Å². The van der Waals surface area contributed by atoms with Crippen LogP contribution in [0.25, 0.3) is 0 Å². The minimum atomic E-state index is -2.01. The SMILES string of the molecule is O=C1[C@H]2[C@H](CC=C3[C@H]2C[C@@]2(Cl)C(=O)N(c4ccc(F)cc4)C(=O)[C@@]2(Cl)[C@H]3c2ccc(OCCO)cc2)C(=O)N1Cc1cccs1. The Morgan fingerprint density at radius 1 is 0.956 bits per heavy atom. The number of hydrogen-bond acceptors (Lipinski definition) is 7. The van der Waals surface area contributed by atoms with Gasteiger partial charge >= 0.3 is 0 Å². The second-order valence-electron chi connectivity index (χ2n) is 11.7. The molecule has 3 aromatic rings. The number of amides is 4. The predicted octanol–water partition coefficient (Wildman–Crippen LogP) is 5.02. The summed E-state index contributed by atoms with van der Waals surface area (Å²) < 4.78 is 19.3. The largest absolute Gasteiger partial charge is 0.491 e. The molecule has 7 rings (SSSR count). The van der Waals surface area contributed by atoms with Crippen LogP contribution in [0.1, 0.15) is 29.2 Å². The Labute approximate surface area is 272 Å². The van der Waals surface area contributed by atoms with Crippen molar-refractivity contribution in [3.8, 4) is 5.75 Å². The number of anilines is 1. The van der Waals surface area contributed by atoms with E-state index in [0.717, 1.165) is 21.9 Å². The van der Waals surface area contributed by atoms with Crippen molar-refractivity contribution in [3.05, 3.63) is 94.0 Å². The standard InChI is InChI=1S/C33H27Cl2FN2O6S/c34-32-16-25-23(11-12-24-26(25)29(41)37(28(24)40)17-22-2-1-15-45-22)27(18-3-9-21(10-4-18)44-14-13-39)33(32,35)31(43)38(30(32)42)20-7-5-19(36)6-8-20/h1-11,15,24-27,39H,12-14,16-17H2/t24-,25+,26-,27-,32+,33-/m0/s1. The number of imide groups is 2. The number of thiophene rings is 1. The molecule has 1 N–H and O–H groups in total. The van der Waals surface area contributed by atoms with Crippen LogP contribution >= 0.6 is 34.5 Å². The van der Waals surface area contributed by atoms with Gasteiger partial charge in [-0.2, -0.15) is 0 Å². The highest BCUT2D eigenvalue weighted by molar-refractivity contribution is 7.09. The molecule has 0 unspecified atom stereocenters. The molecule has 3 fully saturated rings. The number of carbonyl (C=O) groups is 4. The van der Waals surface area contributed by atoms with Crippen LogP contribution in [0, 0.1) is 23.6 Å². The fourth-order valence-corrected chi connectivity index (χ4v) is 9.10. The first-order chi connectivity index (χ1) is 21.6. The number of carbonyl (C=O) groups excluding carboxylic acids is 4. The fourth-order valence-electron chi connectivity index (χ4n) is 7.47. The number of allylic oxidation sites excluding steroid dienone is 2. The van der Waals surface area contributed by atoms with Crippen molar-refractivity contribution in [3.63, 3.8) is 0 Å². The number of hydrogen-bond donors (Lipinski definition) is 1. The number of alkyl halides is 2. The molecule has 232 valence electrons. The van der Waals surface area contributed by atoms with Gasteiger partial charge in [0.2, 0.25) is 11.8 Å². The van der Waals surface area contributed by atoms with E-state index in [1.54, 1.807) is 24.3 Å². The maximum Gasteiger partial charge on any atom is 0.258 e. The van der Waals surface area contributed by atoms with Crippen molar-refractivity contribution in [1.29, 1.82) is 0 Å². The molecule has 2 aromatic carbocycles. The van der Waals surface area contributed by atoms with E-state index in [0.29, 0.717) is 16.9 Å². The maximum atomic E-state index is 14.4. The summed E-state index contributed by atoms with van der Waals surface area (Å²) in [6, 6.07) is 15.4. The molecule has 2 aliphatic carbocycles. The second kappa shape index (κ2) is 11.0. The number of likely N-dealkylation sites (tertiary alicyclic amines) is 1. The van der Waals surface area contributed by atoms with Crippen molar-refractivity contribution < 1.29 is 33.4 Å². The summed E-state index contributed by atoms with van der Waals surface area (Å²) >= 11 is 16.2. The van der Waals surface area contributed by atoms with E-state index in [4.69, 9.17) is 33.0 Å². The van der Waals surface area contributed by atoms with Crippen LogP contribution < -0.4 is 9.64 Å². The summed E-state index contributed by atoms with van der Waals surface area (Å²) in [5, 5.41) is 11.0. The first-order valence-corrected chi connectivity index (χ1v) is 16.2. The zero-order chi connectivity index (χ0) is 31.7. The Bertz CT molecular complexity index is 1730. The van der Waals surface area contributed by atoms with E-state index >= 15 is 0 Å². The van der Waals surface area contributed by atoms with Crippen LogP contribution in [0.4, 0.5) is 10.1 Å². The van der Waals surface area contributed by atoms with E-state index in [-0.39, 0.29) is 50.1 Å². The summed E-state index contributed by atoms with van der Waals surface area (Å²) in [6.07, 6.45) is 2.00. The molecule has 1 saturated carbocycles. The van der Waals surface area contributed by atoms with Gasteiger partial charge < -0.3 is 9.84 Å². The zero-order valence-corrected chi connectivity index (χ0v) is 26.0. The summed E-state index contributed by atoms with van der Waals surface area (Å²) in [4.78, 5) is 55.4. The topological polar surface area (TPSA) is 104 Å². The smallest absolute Gasteiger partial charge is 0.258 e. The molecular formula is C33H27Cl2FN2O6S. The van der Waals surface area contributed by atoms with Gasteiger partial charge in [0.15, 0.2) is 9.75 Å². The average molecular weight is 670 g/mol. The number of benzene rings is 2. The predicted molar refractivity (Wildman–Crippen MR) is 165 cm³/mol. The Kier molecular flexibility index (Phi) is 7.39. The monoisotopic (exact) mass is 668 g/mol.